The Morgan fingerprint density at radius 1 is 1.40 bits per heavy atom. The van der Waals surface area contributed by atoms with Gasteiger partial charge in [0.25, 0.3) is 0 Å². The lowest BCUT2D eigenvalue weighted by atomic mass is 10.2. The van der Waals surface area contributed by atoms with Gasteiger partial charge in [0.2, 0.25) is 5.91 Å². The largest absolute Gasteiger partial charge is 0.462 e. The Kier molecular flexibility index (Phi) is 6.67. The molecule has 0 saturated heterocycles. The number of anilines is 1. The molecule has 0 spiro atoms. The molecule has 20 heavy (non-hydrogen) atoms. The first-order valence-corrected chi connectivity index (χ1v) is 7.68. The van der Waals surface area contributed by atoms with Crippen molar-refractivity contribution in [1.29, 1.82) is 0 Å². The maximum absolute atomic E-state index is 12.1. The number of rotatable bonds is 7. The molecule has 0 aliphatic heterocycles. The van der Waals surface area contributed by atoms with Gasteiger partial charge >= 0.3 is 5.97 Å². The summed E-state index contributed by atoms with van der Waals surface area (Å²) in [5, 5.41) is 7.77. The van der Waals surface area contributed by atoms with Gasteiger partial charge in [-0.3, -0.25) is 4.79 Å². The first kappa shape index (κ1) is 16.7. The van der Waals surface area contributed by atoms with Crippen LogP contribution in [0.1, 0.15) is 42.4 Å². The highest BCUT2D eigenvalue weighted by molar-refractivity contribution is 7.12. The zero-order valence-corrected chi connectivity index (χ0v) is 13.2. The summed E-state index contributed by atoms with van der Waals surface area (Å²) in [6, 6.07) is -0.302. The first-order chi connectivity index (χ1) is 9.51. The van der Waals surface area contributed by atoms with Crippen molar-refractivity contribution in [2.45, 2.75) is 40.2 Å². The van der Waals surface area contributed by atoms with Crippen molar-refractivity contribution >= 4 is 28.9 Å². The zero-order chi connectivity index (χ0) is 15.1. The monoisotopic (exact) mass is 298 g/mol. The molecule has 0 saturated carbocycles. The lowest BCUT2D eigenvalue weighted by Gasteiger charge is -2.14. The average molecular weight is 298 g/mol. The van der Waals surface area contributed by atoms with Gasteiger partial charge in [-0.2, -0.15) is 0 Å². The highest BCUT2D eigenvalue weighted by Crippen LogP contribution is 2.28. The lowest BCUT2D eigenvalue weighted by molar-refractivity contribution is -0.117. The highest BCUT2D eigenvalue weighted by Gasteiger charge is 2.21. The zero-order valence-electron chi connectivity index (χ0n) is 12.4. The first-order valence-electron chi connectivity index (χ1n) is 6.80. The molecular formula is C14H22N2O3S. The minimum Gasteiger partial charge on any atom is -0.462 e. The molecule has 2 N–H and O–H groups in total. The second-order valence-corrected chi connectivity index (χ2v) is 5.39. The van der Waals surface area contributed by atoms with Gasteiger partial charge in [0.1, 0.15) is 4.88 Å². The van der Waals surface area contributed by atoms with Crippen LogP contribution in [-0.2, 0) is 9.53 Å². The topological polar surface area (TPSA) is 67.4 Å². The predicted molar refractivity (Wildman–Crippen MR) is 81.4 cm³/mol. The van der Waals surface area contributed by atoms with E-state index in [0.717, 1.165) is 18.5 Å². The van der Waals surface area contributed by atoms with Gasteiger partial charge < -0.3 is 15.4 Å². The third-order valence-corrected chi connectivity index (χ3v) is 3.86. The van der Waals surface area contributed by atoms with Gasteiger partial charge in [-0.15, -0.1) is 11.3 Å². The Hall–Kier alpha value is -1.40. The standard InChI is InChI=1S/C14H22N2O3S/c1-5-7-15-10(4)13(17)16-11-9(3)8-20-12(11)14(18)19-6-2/h8,10,15H,5-7H2,1-4H3,(H,16,17). The van der Waals surface area contributed by atoms with E-state index in [1.807, 2.05) is 19.2 Å². The number of carbonyl (C=O) groups excluding carboxylic acids is 2. The van der Waals surface area contributed by atoms with Gasteiger partial charge in [0, 0.05) is 0 Å². The fraction of sp³-hybridized carbons (Fsp3) is 0.571. The maximum Gasteiger partial charge on any atom is 0.350 e. The number of esters is 1. The Morgan fingerprint density at radius 3 is 2.70 bits per heavy atom. The molecule has 1 amide bonds. The predicted octanol–water partition coefficient (Wildman–Crippen LogP) is 2.56. The van der Waals surface area contributed by atoms with Gasteiger partial charge in [-0.25, -0.2) is 4.79 Å². The van der Waals surface area contributed by atoms with Crippen molar-refractivity contribution in [3.8, 4) is 0 Å². The Balaban J connectivity index is 2.78. The molecule has 0 bridgehead atoms. The fourth-order valence-corrected chi connectivity index (χ4v) is 2.53. The van der Waals surface area contributed by atoms with Crippen molar-refractivity contribution in [3.63, 3.8) is 0 Å². The third-order valence-electron chi connectivity index (χ3n) is 2.78. The molecule has 0 fully saturated rings. The second-order valence-electron chi connectivity index (χ2n) is 4.51. The van der Waals surface area contributed by atoms with E-state index in [0.29, 0.717) is 17.2 Å². The Morgan fingerprint density at radius 2 is 2.10 bits per heavy atom. The summed E-state index contributed by atoms with van der Waals surface area (Å²) in [6.07, 6.45) is 0.961. The molecule has 1 atom stereocenters. The van der Waals surface area contributed by atoms with Crippen LogP contribution < -0.4 is 10.6 Å². The number of hydrogen-bond acceptors (Lipinski definition) is 5. The van der Waals surface area contributed by atoms with E-state index >= 15 is 0 Å². The lowest BCUT2D eigenvalue weighted by Crippen LogP contribution is -2.38. The number of thiophene rings is 1. The Labute approximate surface area is 123 Å². The van der Waals surface area contributed by atoms with Gasteiger partial charge in [-0.05, 0) is 44.7 Å². The summed E-state index contributed by atoms with van der Waals surface area (Å²) in [6.45, 7) is 8.56. The van der Waals surface area contributed by atoms with Crippen molar-refractivity contribution in [1.82, 2.24) is 5.32 Å². The highest BCUT2D eigenvalue weighted by atomic mass is 32.1. The summed E-state index contributed by atoms with van der Waals surface area (Å²) in [7, 11) is 0. The van der Waals surface area contributed by atoms with E-state index in [4.69, 9.17) is 4.74 Å². The molecule has 1 rings (SSSR count). The molecule has 6 heteroatoms. The number of nitrogens with one attached hydrogen (secondary N) is 2. The van der Waals surface area contributed by atoms with Crippen LogP contribution in [0.25, 0.3) is 0 Å². The van der Waals surface area contributed by atoms with E-state index < -0.39 is 5.97 Å². The van der Waals surface area contributed by atoms with Crippen LogP contribution in [-0.4, -0.2) is 31.1 Å². The van der Waals surface area contributed by atoms with Crippen molar-refractivity contribution in [3.05, 3.63) is 15.8 Å². The molecule has 1 aromatic rings. The molecule has 0 aliphatic carbocycles. The van der Waals surface area contributed by atoms with E-state index in [1.54, 1.807) is 13.8 Å². The van der Waals surface area contributed by atoms with E-state index in [2.05, 4.69) is 10.6 Å². The van der Waals surface area contributed by atoms with Crippen LogP contribution in [0.2, 0.25) is 0 Å². The van der Waals surface area contributed by atoms with Crippen LogP contribution in [0.5, 0.6) is 0 Å². The van der Waals surface area contributed by atoms with Crippen molar-refractivity contribution in [2.75, 3.05) is 18.5 Å². The van der Waals surface area contributed by atoms with Crippen LogP contribution in [0.15, 0.2) is 5.38 Å². The molecule has 0 radical (unpaired) electrons. The van der Waals surface area contributed by atoms with Crippen LogP contribution in [0.4, 0.5) is 5.69 Å². The van der Waals surface area contributed by atoms with Crippen LogP contribution in [0, 0.1) is 6.92 Å². The summed E-state index contributed by atoms with van der Waals surface area (Å²) in [5.41, 5.74) is 1.43. The molecular weight excluding hydrogens is 276 g/mol. The second kappa shape index (κ2) is 8.01. The summed E-state index contributed by atoms with van der Waals surface area (Å²) < 4.78 is 4.99. The average Bonchev–Trinajstić information content (AvgIpc) is 2.77. The Bertz CT molecular complexity index is 471. The minimum atomic E-state index is -0.393. The summed E-state index contributed by atoms with van der Waals surface area (Å²) in [4.78, 5) is 24.3. The fourth-order valence-electron chi connectivity index (χ4n) is 1.63. The molecule has 1 aromatic heterocycles. The quantitative estimate of drug-likeness (QED) is 0.759. The number of aryl methyl sites for hydroxylation is 1. The van der Waals surface area contributed by atoms with Gasteiger partial charge in [0.05, 0.1) is 18.3 Å². The van der Waals surface area contributed by atoms with E-state index in [1.165, 1.54) is 11.3 Å². The number of ether oxygens (including phenoxy) is 1. The smallest absolute Gasteiger partial charge is 0.350 e. The molecule has 0 aliphatic rings. The van der Waals surface area contributed by atoms with Crippen LogP contribution >= 0.6 is 11.3 Å². The maximum atomic E-state index is 12.1. The third kappa shape index (κ3) is 4.31. The summed E-state index contributed by atoms with van der Waals surface area (Å²) in [5.74, 6) is -0.541. The van der Waals surface area contributed by atoms with Gasteiger partial charge in [0.15, 0.2) is 0 Å². The normalized spacial score (nSPS) is 12.0. The molecule has 5 nitrogen and oxygen atoms in total. The van der Waals surface area contributed by atoms with Crippen molar-refractivity contribution in [2.24, 2.45) is 0 Å². The molecule has 112 valence electrons. The van der Waals surface area contributed by atoms with E-state index in [-0.39, 0.29) is 11.9 Å². The molecule has 0 aromatic carbocycles. The molecule has 1 heterocycles. The van der Waals surface area contributed by atoms with E-state index in [9.17, 15) is 9.59 Å². The number of amides is 1. The SMILES string of the molecule is CCCNC(C)C(=O)Nc1c(C)csc1C(=O)OCC. The summed E-state index contributed by atoms with van der Waals surface area (Å²) >= 11 is 1.29. The molecule has 1 unspecified atom stereocenters. The van der Waals surface area contributed by atoms with Gasteiger partial charge in [-0.1, -0.05) is 6.92 Å². The number of carbonyl (C=O) groups is 2. The van der Waals surface area contributed by atoms with Crippen molar-refractivity contribution < 1.29 is 14.3 Å². The minimum absolute atomic E-state index is 0.148. The number of hydrogen-bond donors (Lipinski definition) is 2. The van der Waals surface area contributed by atoms with Crippen LogP contribution in [0.3, 0.4) is 0 Å².